The number of nitrogens with zero attached hydrogens (tertiary/aromatic N) is 3. The molecular formula is C19H17N3O3S2. The zero-order chi connectivity index (χ0) is 18.8. The van der Waals surface area contributed by atoms with Gasteiger partial charge < -0.3 is 9.30 Å². The van der Waals surface area contributed by atoms with E-state index >= 15 is 0 Å². The number of ether oxygens (including phenoxy) is 1. The number of carbonyl (C=O) groups is 2. The summed E-state index contributed by atoms with van der Waals surface area (Å²) < 4.78 is 6.88. The molecule has 0 aliphatic carbocycles. The smallest absolute Gasteiger partial charge is 0.355 e. The Balaban J connectivity index is 1.50. The molecule has 138 valence electrons. The van der Waals surface area contributed by atoms with Gasteiger partial charge in [0.2, 0.25) is 0 Å². The Bertz CT molecular complexity index is 974. The topological polar surface area (TPSA) is 63.9 Å². The average Bonchev–Trinajstić information content (AvgIpc) is 3.45. The molecule has 4 rings (SSSR count). The first-order chi connectivity index (χ1) is 13.1. The predicted molar refractivity (Wildman–Crippen MR) is 105 cm³/mol. The van der Waals surface area contributed by atoms with E-state index in [1.54, 1.807) is 52.6 Å². The Labute approximate surface area is 164 Å². The zero-order valence-corrected chi connectivity index (χ0v) is 16.2. The molecule has 0 fully saturated rings. The molecule has 3 aromatic heterocycles. The van der Waals surface area contributed by atoms with Gasteiger partial charge in [0.25, 0.3) is 5.91 Å². The van der Waals surface area contributed by atoms with Crippen LogP contribution in [0.3, 0.4) is 0 Å². The van der Waals surface area contributed by atoms with Crippen molar-refractivity contribution in [2.24, 2.45) is 12.1 Å². The van der Waals surface area contributed by atoms with Crippen molar-refractivity contribution < 1.29 is 14.3 Å². The summed E-state index contributed by atoms with van der Waals surface area (Å²) in [6.45, 7) is -0.340. The van der Waals surface area contributed by atoms with Gasteiger partial charge in [-0.25, -0.2) is 9.80 Å². The second-order valence-electron chi connectivity index (χ2n) is 6.08. The minimum absolute atomic E-state index is 0.164. The van der Waals surface area contributed by atoms with E-state index in [-0.39, 0.29) is 18.6 Å². The molecule has 1 atom stereocenters. The molecule has 0 N–H and O–H groups in total. The highest BCUT2D eigenvalue weighted by Gasteiger charge is 2.34. The lowest BCUT2D eigenvalue weighted by atomic mass is 10.1. The molecular weight excluding hydrogens is 382 g/mol. The third kappa shape index (κ3) is 3.58. The van der Waals surface area contributed by atoms with Gasteiger partial charge in [0.05, 0.1) is 16.6 Å². The fourth-order valence-corrected chi connectivity index (χ4v) is 4.51. The van der Waals surface area contributed by atoms with E-state index in [9.17, 15) is 9.59 Å². The van der Waals surface area contributed by atoms with E-state index in [4.69, 9.17) is 4.74 Å². The molecule has 1 amide bonds. The lowest BCUT2D eigenvalue weighted by molar-refractivity contribution is -0.136. The monoisotopic (exact) mass is 399 g/mol. The zero-order valence-electron chi connectivity index (χ0n) is 14.6. The maximum absolute atomic E-state index is 12.8. The van der Waals surface area contributed by atoms with Crippen LogP contribution in [0.1, 0.15) is 32.7 Å². The van der Waals surface area contributed by atoms with Gasteiger partial charge in [-0.15, -0.1) is 22.7 Å². The summed E-state index contributed by atoms with van der Waals surface area (Å²) in [5, 5.41) is 9.98. The number of aryl methyl sites for hydroxylation is 1. The summed E-state index contributed by atoms with van der Waals surface area (Å²) >= 11 is 3.19. The van der Waals surface area contributed by atoms with Gasteiger partial charge in [-0.1, -0.05) is 12.1 Å². The van der Waals surface area contributed by atoms with Crippen molar-refractivity contribution in [1.29, 1.82) is 0 Å². The number of hydrazone groups is 1. The van der Waals surface area contributed by atoms with Crippen LogP contribution in [-0.4, -0.2) is 33.8 Å². The minimum atomic E-state index is -0.523. The van der Waals surface area contributed by atoms with Gasteiger partial charge in [-0.05, 0) is 35.0 Å². The lowest BCUT2D eigenvalue weighted by Gasteiger charge is -2.20. The Kier molecular flexibility index (Phi) is 4.91. The summed E-state index contributed by atoms with van der Waals surface area (Å²) in [6, 6.07) is 11.2. The van der Waals surface area contributed by atoms with Crippen molar-refractivity contribution in [3.63, 3.8) is 0 Å². The standard InChI is InChI=1S/C19H17N3O3S2/c1-21-8-2-5-14(21)19(24)25-12-18(23)22-15(17-7-4-10-27-17)11-13(20-22)16-6-3-9-26-16/h2-10,15H,11-12H2,1H3/t15-/m1/s1. The molecule has 0 unspecified atom stereocenters. The summed E-state index contributed by atoms with van der Waals surface area (Å²) in [7, 11) is 1.75. The van der Waals surface area contributed by atoms with E-state index < -0.39 is 5.97 Å². The first-order valence-electron chi connectivity index (χ1n) is 8.39. The van der Waals surface area contributed by atoms with Crippen LogP contribution >= 0.6 is 22.7 Å². The number of thiophene rings is 2. The summed E-state index contributed by atoms with van der Waals surface area (Å²) in [5.74, 6) is -0.854. The largest absolute Gasteiger partial charge is 0.451 e. The van der Waals surface area contributed by atoms with E-state index in [2.05, 4.69) is 5.10 Å². The number of amides is 1. The molecule has 27 heavy (non-hydrogen) atoms. The van der Waals surface area contributed by atoms with Gasteiger partial charge in [0, 0.05) is 24.5 Å². The normalized spacial score (nSPS) is 16.4. The Morgan fingerprint density at radius 1 is 1.19 bits per heavy atom. The predicted octanol–water partition coefficient (Wildman–Crippen LogP) is 3.68. The lowest BCUT2D eigenvalue weighted by Crippen LogP contribution is -2.31. The molecule has 1 aliphatic rings. The third-order valence-corrected chi connectivity index (χ3v) is 6.22. The molecule has 1 aliphatic heterocycles. The Morgan fingerprint density at radius 3 is 2.67 bits per heavy atom. The van der Waals surface area contributed by atoms with Crippen molar-refractivity contribution in [1.82, 2.24) is 9.58 Å². The second-order valence-corrected chi connectivity index (χ2v) is 8.01. The van der Waals surface area contributed by atoms with Crippen LogP contribution in [0.4, 0.5) is 0 Å². The van der Waals surface area contributed by atoms with E-state index in [0.29, 0.717) is 12.1 Å². The number of aromatic nitrogens is 1. The second kappa shape index (κ2) is 7.50. The van der Waals surface area contributed by atoms with Gasteiger partial charge >= 0.3 is 5.97 Å². The van der Waals surface area contributed by atoms with Gasteiger partial charge in [-0.3, -0.25) is 4.79 Å². The van der Waals surface area contributed by atoms with Gasteiger partial charge in [0.1, 0.15) is 5.69 Å². The molecule has 0 radical (unpaired) electrons. The molecule has 0 saturated heterocycles. The van der Waals surface area contributed by atoms with Gasteiger partial charge in [-0.2, -0.15) is 5.10 Å². The van der Waals surface area contributed by atoms with Gasteiger partial charge in [0.15, 0.2) is 6.61 Å². The van der Waals surface area contributed by atoms with Crippen LogP contribution < -0.4 is 0 Å². The fraction of sp³-hybridized carbons (Fsp3) is 0.211. The first kappa shape index (κ1) is 17.7. The SMILES string of the molecule is Cn1cccc1C(=O)OCC(=O)N1N=C(c2cccs2)C[C@@H]1c1cccs1. The van der Waals surface area contributed by atoms with Crippen LogP contribution in [0, 0.1) is 0 Å². The van der Waals surface area contributed by atoms with Crippen LogP contribution in [0.2, 0.25) is 0 Å². The van der Waals surface area contributed by atoms with Crippen molar-refractivity contribution in [3.8, 4) is 0 Å². The molecule has 0 spiro atoms. The summed E-state index contributed by atoms with van der Waals surface area (Å²) in [4.78, 5) is 27.0. The number of esters is 1. The van der Waals surface area contributed by atoms with Crippen molar-refractivity contribution in [2.75, 3.05) is 6.61 Å². The highest BCUT2D eigenvalue weighted by molar-refractivity contribution is 7.12. The number of carbonyl (C=O) groups excluding carboxylic acids is 2. The molecule has 6 nitrogen and oxygen atoms in total. The van der Waals surface area contributed by atoms with E-state index in [1.165, 1.54) is 5.01 Å². The van der Waals surface area contributed by atoms with Crippen molar-refractivity contribution in [2.45, 2.75) is 12.5 Å². The average molecular weight is 399 g/mol. The molecule has 0 aromatic carbocycles. The van der Waals surface area contributed by atoms with E-state index in [0.717, 1.165) is 15.5 Å². The number of rotatable bonds is 5. The summed E-state index contributed by atoms with van der Waals surface area (Å²) in [5.41, 5.74) is 1.28. The Hall–Kier alpha value is -2.71. The maximum Gasteiger partial charge on any atom is 0.355 e. The summed E-state index contributed by atoms with van der Waals surface area (Å²) in [6.07, 6.45) is 2.40. The van der Waals surface area contributed by atoms with Crippen LogP contribution in [0.5, 0.6) is 0 Å². The highest BCUT2D eigenvalue weighted by atomic mass is 32.1. The fourth-order valence-electron chi connectivity index (χ4n) is 2.97. The number of hydrogen-bond acceptors (Lipinski definition) is 6. The highest BCUT2D eigenvalue weighted by Crippen LogP contribution is 2.35. The first-order valence-corrected chi connectivity index (χ1v) is 10.1. The minimum Gasteiger partial charge on any atom is -0.451 e. The molecule has 4 heterocycles. The Morgan fingerprint density at radius 2 is 2.00 bits per heavy atom. The quantitative estimate of drug-likeness (QED) is 0.615. The van der Waals surface area contributed by atoms with E-state index in [1.807, 2.05) is 35.0 Å². The molecule has 3 aromatic rings. The maximum atomic E-state index is 12.8. The van der Waals surface area contributed by atoms with Crippen molar-refractivity contribution in [3.05, 3.63) is 68.8 Å². The van der Waals surface area contributed by atoms with Crippen molar-refractivity contribution >= 4 is 40.3 Å². The molecule has 0 saturated carbocycles. The third-order valence-electron chi connectivity index (χ3n) is 4.32. The van der Waals surface area contributed by atoms with Crippen LogP contribution in [-0.2, 0) is 16.6 Å². The molecule has 8 heteroatoms. The molecule has 0 bridgehead atoms. The van der Waals surface area contributed by atoms with Crippen LogP contribution in [0.15, 0.2) is 58.5 Å². The van der Waals surface area contributed by atoms with Crippen LogP contribution in [0.25, 0.3) is 0 Å². The number of hydrogen-bond donors (Lipinski definition) is 0.